The molecule has 5 rings (SSSR count). The van der Waals surface area contributed by atoms with Crippen LogP contribution >= 0.6 is 0 Å². The fourth-order valence-electron chi connectivity index (χ4n) is 4.51. The van der Waals surface area contributed by atoms with Gasteiger partial charge in [-0.3, -0.25) is 14.3 Å². The van der Waals surface area contributed by atoms with Crippen molar-refractivity contribution in [2.75, 3.05) is 19.5 Å². The largest absolute Gasteiger partial charge is 0.464 e. The lowest BCUT2D eigenvalue weighted by Crippen LogP contribution is -2.52. The summed E-state index contributed by atoms with van der Waals surface area (Å²) in [6, 6.07) is 15.6. The zero-order valence-electron chi connectivity index (χ0n) is 17.8. The summed E-state index contributed by atoms with van der Waals surface area (Å²) >= 11 is 0. The number of nitrogens with one attached hydrogen (secondary N) is 1. The lowest BCUT2D eigenvalue weighted by Gasteiger charge is -2.36. The second-order valence-electron chi connectivity index (χ2n) is 7.87. The van der Waals surface area contributed by atoms with Crippen LogP contribution in [0.15, 0.2) is 60.7 Å². The third-order valence-corrected chi connectivity index (χ3v) is 6.00. The Morgan fingerprint density at radius 1 is 1.06 bits per heavy atom. The number of methoxy groups -OCH3 is 2. The van der Waals surface area contributed by atoms with Crippen molar-refractivity contribution in [1.82, 2.24) is 0 Å². The number of hydrogen-bond donors (Lipinski definition) is 1. The van der Waals surface area contributed by atoms with Crippen molar-refractivity contribution in [2.45, 2.75) is 18.2 Å². The molecule has 1 N–H and O–H groups in total. The van der Waals surface area contributed by atoms with E-state index in [1.54, 1.807) is 54.6 Å². The third-order valence-electron chi connectivity index (χ3n) is 6.00. The van der Waals surface area contributed by atoms with E-state index in [9.17, 15) is 14.4 Å². The molecule has 0 aromatic heterocycles. The number of esters is 2. The Kier molecular flexibility index (Phi) is 5.15. The van der Waals surface area contributed by atoms with Gasteiger partial charge in [0.2, 0.25) is 0 Å². The van der Waals surface area contributed by atoms with E-state index in [0.717, 1.165) is 0 Å². The van der Waals surface area contributed by atoms with Crippen LogP contribution in [0.2, 0.25) is 0 Å². The van der Waals surface area contributed by atoms with Gasteiger partial charge in [-0.15, -0.1) is 0 Å². The highest BCUT2D eigenvalue weighted by atomic mass is 16.8. The summed E-state index contributed by atoms with van der Waals surface area (Å²) in [7, 11) is 2.60. The number of amides is 1. The Labute approximate surface area is 189 Å². The number of hydrogen-bond acceptors (Lipinski definition) is 8. The summed E-state index contributed by atoms with van der Waals surface area (Å²) in [6.45, 7) is 0. The Bertz CT molecular complexity index is 1150. The predicted molar refractivity (Wildman–Crippen MR) is 113 cm³/mol. The highest BCUT2D eigenvalue weighted by molar-refractivity contribution is 6.04. The molecule has 0 radical (unpaired) electrons. The number of carbonyl (C=O) groups is 3. The van der Waals surface area contributed by atoms with Gasteiger partial charge in [0.25, 0.3) is 5.91 Å². The molecule has 0 bridgehead atoms. The van der Waals surface area contributed by atoms with Gasteiger partial charge in [0.15, 0.2) is 12.4 Å². The summed E-state index contributed by atoms with van der Waals surface area (Å²) in [5, 5.41) is 2.83. The quantitative estimate of drug-likeness (QED) is 0.690. The van der Waals surface area contributed by atoms with Gasteiger partial charge < -0.3 is 24.3 Å². The third kappa shape index (κ3) is 3.37. The van der Waals surface area contributed by atoms with Crippen LogP contribution < -0.4 is 5.32 Å². The number of carbonyl (C=O) groups excluding carboxylic acids is 3. The lowest BCUT2D eigenvalue weighted by molar-refractivity contribution is -0.265. The second-order valence-corrected chi connectivity index (χ2v) is 7.87. The Balaban J connectivity index is 1.49. The van der Waals surface area contributed by atoms with E-state index < -0.39 is 42.0 Å². The minimum absolute atomic E-state index is 0.229. The molecule has 2 aromatic rings. The molecule has 3 aliphatic heterocycles. The minimum atomic E-state index is -1.90. The molecule has 3 aliphatic rings. The maximum atomic E-state index is 12.8. The molecule has 0 spiro atoms. The first-order valence-corrected chi connectivity index (χ1v) is 10.3. The highest BCUT2D eigenvalue weighted by Gasteiger charge is 2.72. The van der Waals surface area contributed by atoms with Crippen molar-refractivity contribution in [3.8, 4) is 0 Å². The smallest absolute Gasteiger partial charge is 0.380 e. The molecule has 5 atom stereocenters. The predicted octanol–water partition coefficient (Wildman–Crippen LogP) is 2.34. The van der Waals surface area contributed by atoms with E-state index in [1.807, 2.05) is 6.07 Å². The Morgan fingerprint density at radius 2 is 1.85 bits per heavy atom. The number of ether oxygens (including phenoxy) is 5. The molecule has 9 nitrogen and oxygen atoms in total. The van der Waals surface area contributed by atoms with Crippen LogP contribution in [0.5, 0.6) is 0 Å². The van der Waals surface area contributed by atoms with Gasteiger partial charge in [0.05, 0.1) is 18.9 Å². The van der Waals surface area contributed by atoms with E-state index >= 15 is 0 Å². The normalized spacial score (nSPS) is 29.4. The van der Waals surface area contributed by atoms with Crippen LogP contribution in [0.3, 0.4) is 0 Å². The van der Waals surface area contributed by atoms with Crippen molar-refractivity contribution in [3.05, 3.63) is 71.8 Å². The molecule has 2 saturated heterocycles. The number of anilines is 1. The van der Waals surface area contributed by atoms with Gasteiger partial charge in [0, 0.05) is 23.9 Å². The maximum absolute atomic E-state index is 12.8. The molecular weight excluding hydrogens is 430 g/mol. The first kappa shape index (κ1) is 21.2. The average molecular weight is 451 g/mol. The fraction of sp³-hybridized carbons (Fsp3) is 0.292. The molecule has 1 amide bonds. The minimum Gasteiger partial charge on any atom is -0.464 e. The van der Waals surface area contributed by atoms with Crippen LogP contribution in [0.25, 0.3) is 5.76 Å². The zero-order chi connectivity index (χ0) is 23.2. The zero-order valence-corrected chi connectivity index (χ0v) is 17.8. The molecule has 33 heavy (non-hydrogen) atoms. The van der Waals surface area contributed by atoms with Gasteiger partial charge in [-0.05, 0) is 30.3 Å². The first-order valence-electron chi connectivity index (χ1n) is 10.3. The lowest BCUT2D eigenvalue weighted by atomic mass is 9.81. The van der Waals surface area contributed by atoms with Gasteiger partial charge >= 0.3 is 17.7 Å². The summed E-state index contributed by atoms with van der Waals surface area (Å²) in [5.41, 5.74) is 1.55. The second kappa shape index (κ2) is 8.02. The topological polar surface area (TPSA) is 109 Å². The molecule has 170 valence electrons. The average Bonchev–Trinajstić information content (AvgIpc) is 3.36. The summed E-state index contributed by atoms with van der Waals surface area (Å²) < 4.78 is 27.6. The van der Waals surface area contributed by atoms with Gasteiger partial charge in [0.1, 0.15) is 5.76 Å². The van der Waals surface area contributed by atoms with E-state index in [0.29, 0.717) is 16.8 Å². The van der Waals surface area contributed by atoms with E-state index in [4.69, 9.17) is 23.7 Å². The van der Waals surface area contributed by atoms with Crippen molar-refractivity contribution >= 4 is 29.3 Å². The monoisotopic (exact) mass is 451 g/mol. The van der Waals surface area contributed by atoms with Gasteiger partial charge in [-0.2, -0.15) is 0 Å². The van der Waals surface area contributed by atoms with Crippen LogP contribution in [0.4, 0.5) is 5.69 Å². The van der Waals surface area contributed by atoms with Crippen LogP contribution in [0.1, 0.15) is 15.9 Å². The van der Waals surface area contributed by atoms with Gasteiger partial charge in [-0.25, -0.2) is 4.79 Å². The molecular formula is C24H21NO8. The van der Waals surface area contributed by atoms with Crippen molar-refractivity contribution in [3.63, 3.8) is 0 Å². The fourth-order valence-corrected chi connectivity index (χ4v) is 4.51. The van der Waals surface area contributed by atoms with Crippen LogP contribution in [-0.4, -0.2) is 50.2 Å². The van der Waals surface area contributed by atoms with E-state index in [1.165, 1.54) is 14.2 Å². The van der Waals surface area contributed by atoms with Gasteiger partial charge in [-0.1, -0.05) is 30.3 Å². The highest BCUT2D eigenvalue weighted by Crippen LogP contribution is 2.54. The molecule has 0 unspecified atom stereocenters. The first-order chi connectivity index (χ1) is 16.0. The molecule has 9 heteroatoms. The van der Waals surface area contributed by atoms with E-state index in [2.05, 4.69) is 5.32 Å². The maximum Gasteiger partial charge on any atom is 0.380 e. The Morgan fingerprint density at radius 3 is 2.58 bits per heavy atom. The van der Waals surface area contributed by atoms with Crippen molar-refractivity contribution < 1.29 is 38.1 Å². The van der Waals surface area contributed by atoms with E-state index in [-0.39, 0.29) is 11.7 Å². The number of rotatable bonds is 5. The van der Waals surface area contributed by atoms with Crippen LogP contribution in [-0.2, 0) is 33.3 Å². The van der Waals surface area contributed by atoms with Crippen molar-refractivity contribution in [2.24, 2.45) is 11.8 Å². The number of benzene rings is 2. The standard InChI is InChI=1S/C24H21NO8/c1-29-22-19-18-16(21(27)31-19)12-17(32-24(18,33-22)23(28)30-2)14-9-6-10-15(11-14)25-20(26)13-7-4-3-5-8-13/h3-12,16,18-19,22H,1-2H3,(H,25,26)/t16-,18+,19-,22-,24+/m1/s1. The molecule has 0 aliphatic carbocycles. The van der Waals surface area contributed by atoms with Crippen LogP contribution in [0, 0.1) is 11.8 Å². The molecule has 0 saturated carbocycles. The summed E-state index contributed by atoms with van der Waals surface area (Å²) in [4.78, 5) is 38.0. The summed E-state index contributed by atoms with van der Waals surface area (Å²) in [5.74, 6) is -4.79. The molecule has 3 heterocycles. The van der Waals surface area contributed by atoms with Crippen molar-refractivity contribution in [1.29, 1.82) is 0 Å². The Hall–Kier alpha value is -3.69. The SMILES string of the molecule is COC(=O)[C@@]12OC(c3cccc(NC(=O)c4ccccc4)c3)=C[C@H]3C(=O)O[C@@H]([C@H](OC)O1)[C@H]32. The summed E-state index contributed by atoms with van der Waals surface area (Å²) in [6.07, 6.45) is -0.179. The molecule has 2 aromatic carbocycles. The molecule has 2 fully saturated rings.